The summed E-state index contributed by atoms with van der Waals surface area (Å²) < 4.78 is 1.92. The Kier molecular flexibility index (Phi) is 4.64. The largest absolute Gasteiger partial charge is 0.342 e. The van der Waals surface area contributed by atoms with E-state index in [-0.39, 0.29) is 12.5 Å². The van der Waals surface area contributed by atoms with E-state index >= 15 is 0 Å². The van der Waals surface area contributed by atoms with Crippen LogP contribution in [0.5, 0.6) is 0 Å². The summed E-state index contributed by atoms with van der Waals surface area (Å²) in [6.45, 7) is 7.75. The maximum Gasteiger partial charge on any atom is 0.242 e. The number of aryl methyl sites for hydroxylation is 1. The second-order valence-electron chi connectivity index (χ2n) is 5.02. The molecule has 1 amide bonds. The predicted molar refractivity (Wildman–Crippen MR) is 84.0 cm³/mol. The minimum absolute atomic E-state index is 0.0901. The van der Waals surface area contributed by atoms with Crippen LogP contribution < -0.4 is 0 Å². The average Bonchev–Trinajstić information content (AvgIpc) is 2.86. The highest BCUT2D eigenvalue weighted by molar-refractivity contribution is 5.90. The molecule has 0 saturated heterocycles. The Balaban J connectivity index is 2.49. The maximum absolute atomic E-state index is 12.3. The Morgan fingerprint density at radius 3 is 2.57 bits per heavy atom. The van der Waals surface area contributed by atoms with Gasteiger partial charge in [-0.05, 0) is 25.8 Å². The fourth-order valence-electron chi connectivity index (χ4n) is 2.76. The number of para-hydroxylation sites is 1. The summed E-state index contributed by atoms with van der Waals surface area (Å²) >= 11 is 0. The Bertz CT molecular complexity index is 690. The number of nitriles is 1. The van der Waals surface area contributed by atoms with Gasteiger partial charge in [-0.25, -0.2) is 0 Å². The first-order valence-corrected chi connectivity index (χ1v) is 7.44. The van der Waals surface area contributed by atoms with Crippen LogP contribution in [0.15, 0.2) is 24.4 Å². The number of nitrogens with zero attached hydrogens (tertiary/aromatic N) is 3. The van der Waals surface area contributed by atoms with E-state index in [0.717, 1.165) is 17.3 Å². The molecule has 0 bridgehead atoms. The molecule has 0 spiro atoms. The van der Waals surface area contributed by atoms with Gasteiger partial charge in [0.1, 0.15) is 12.6 Å². The van der Waals surface area contributed by atoms with E-state index < -0.39 is 0 Å². The van der Waals surface area contributed by atoms with Gasteiger partial charge in [-0.1, -0.05) is 25.1 Å². The van der Waals surface area contributed by atoms with E-state index in [9.17, 15) is 10.1 Å². The van der Waals surface area contributed by atoms with Crippen molar-refractivity contribution in [2.24, 2.45) is 0 Å². The van der Waals surface area contributed by atoms with Crippen LogP contribution in [-0.4, -0.2) is 28.5 Å². The molecule has 0 atom stereocenters. The molecule has 0 N–H and O–H groups in total. The van der Waals surface area contributed by atoms with Gasteiger partial charge in [-0.15, -0.1) is 0 Å². The van der Waals surface area contributed by atoms with E-state index in [1.807, 2.05) is 35.4 Å². The summed E-state index contributed by atoms with van der Waals surface area (Å²) in [4.78, 5) is 14.1. The highest BCUT2D eigenvalue weighted by Crippen LogP contribution is 2.25. The molecule has 1 heterocycles. The van der Waals surface area contributed by atoms with Crippen LogP contribution in [-0.2, 0) is 17.8 Å². The SMILES string of the molecule is CCc1cccc2c(C#N)cn(CC(=O)N(CC)CC)c12. The third kappa shape index (κ3) is 2.78. The van der Waals surface area contributed by atoms with Crippen molar-refractivity contribution < 1.29 is 4.79 Å². The summed E-state index contributed by atoms with van der Waals surface area (Å²) in [5, 5.41) is 10.2. The molecule has 0 fully saturated rings. The monoisotopic (exact) mass is 283 g/mol. The number of rotatable bonds is 5. The lowest BCUT2D eigenvalue weighted by molar-refractivity contribution is -0.131. The van der Waals surface area contributed by atoms with Gasteiger partial charge in [0.25, 0.3) is 0 Å². The van der Waals surface area contributed by atoms with Crippen LogP contribution in [0.25, 0.3) is 10.9 Å². The molecule has 4 heteroatoms. The summed E-state index contributed by atoms with van der Waals surface area (Å²) in [7, 11) is 0. The maximum atomic E-state index is 12.3. The highest BCUT2D eigenvalue weighted by atomic mass is 16.2. The van der Waals surface area contributed by atoms with Crippen LogP contribution in [0.2, 0.25) is 0 Å². The Morgan fingerprint density at radius 2 is 2.00 bits per heavy atom. The zero-order chi connectivity index (χ0) is 15.4. The number of benzene rings is 1. The number of hydrogen-bond donors (Lipinski definition) is 0. The summed E-state index contributed by atoms with van der Waals surface area (Å²) in [5.41, 5.74) is 2.81. The van der Waals surface area contributed by atoms with Crippen molar-refractivity contribution in [2.45, 2.75) is 33.7 Å². The standard InChI is InChI=1S/C17H21N3O/c1-4-13-8-7-9-15-14(10-18)11-20(17(13)15)12-16(21)19(5-2)6-3/h7-9,11H,4-6,12H2,1-3H3. The van der Waals surface area contributed by atoms with Crippen molar-refractivity contribution in [1.82, 2.24) is 9.47 Å². The molecule has 4 nitrogen and oxygen atoms in total. The second kappa shape index (κ2) is 6.45. The third-order valence-electron chi connectivity index (χ3n) is 3.91. The first-order chi connectivity index (χ1) is 10.2. The van der Waals surface area contributed by atoms with Gasteiger partial charge in [-0.3, -0.25) is 4.79 Å². The van der Waals surface area contributed by atoms with Gasteiger partial charge in [0.2, 0.25) is 5.91 Å². The minimum atomic E-state index is 0.0901. The van der Waals surface area contributed by atoms with E-state index in [1.54, 1.807) is 6.20 Å². The molecule has 0 radical (unpaired) electrons. The Morgan fingerprint density at radius 1 is 1.29 bits per heavy atom. The van der Waals surface area contributed by atoms with E-state index in [0.29, 0.717) is 18.7 Å². The van der Waals surface area contributed by atoms with Crippen molar-refractivity contribution >= 4 is 16.8 Å². The smallest absolute Gasteiger partial charge is 0.242 e. The summed E-state index contributed by atoms with van der Waals surface area (Å²) in [6, 6.07) is 8.20. The van der Waals surface area contributed by atoms with Crippen molar-refractivity contribution in [3.8, 4) is 6.07 Å². The van der Waals surface area contributed by atoms with E-state index in [2.05, 4.69) is 19.1 Å². The number of amides is 1. The quantitative estimate of drug-likeness (QED) is 0.847. The van der Waals surface area contributed by atoms with Crippen LogP contribution in [0, 0.1) is 11.3 Å². The van der Waals surface area contributed by atoms with E-state index in [4.69, 9.17) is 0 Å². The van der Waals surface area contributed by atoms with Gasteiger partial charge in [0.05, 0.1) is 11.1 Å². The molecule has 0 aliphatic rings. The molecule has 0 saturated carbocycles. The average molecular weight is 283 g/mol. The number of carbonyl (C=O) groups excluding carboxylic acids is 1. The predicted octanol–water partition coefficient (Wildman–Crippen LogP) is 2.94. The second-order valence-corrected chi connectivity index (χ2v) is 5.02. The molecule has 1 aromatic heterocycles. The molecule has 2 aromatic rings. The minimum Gasteiger partial charge on any atom is -0.342 e. The zero-order valence-electron chi connectivity index (χ0n) is 12.9. The fourth-order valence-corrected chi connectivity index (χ4v) is 2.76. The zero-order valence-corrected chi connectivity index (χ0v) is 12.9. The van der Waals surface area contributed by atoms with Crippen LogP contribution in [0.4, 0.5) is 0 Å². The van der Waals surface area contributed by atoms with Gasteiger partial charge >= 0.3 is 0 Å². The molecule has 0 aliphatic carbocycles. The van der Waals surface area contributed by atoms with E-state index in [1.165, 1.54) is 5.56 Å². The molecule has 21 heavy (non-hydrogen) atoms. The molecule has 0 unspecified atom stereocenters. The number of carbonyl (C=O) groups is 1. The van der Waals surface area contributed by atoms with Crippen molar-refractivity contribution in [3.63, 3.8) is 0 Å². The summed E-state index contributed by atoms with van der Waals surface area (Å²) in [6.07, 6.45) is 2.68. The summed E-state index contributed by atoms with van der Waals surface area (Å²) in [5.74, 6) is 0.0901. The lowest BCUT2D eigenvalue weighted by atomic mass is 10.1. The van der Waals surface area contributed by atoms with Gasteiger partial charge < -0.3 is 9.47 Å². The van der Waals surface area contributed by atoms with Gasteiger partial charge in [-0.2, -0.15) is 5.26 Å². The number of aromatic nitrogens is 1. The van der Waals surface area contributed by atoms with Crippen LogP contribution >= 0.6 is 0 Å². The fraction of sp³-hybridized carbons (Fsp3) is 0.412. The molecule has 1 aromatic carbocycles. The van der Waals surface area contributed by atoms with Crippen molar-refractivity contribution in [1.29, 1.82) is 5.26 Å². The lowest BCUT2D eigenvalue weighted by Gasteiger charge is -2.19. The van der Waals surface area contributed by atoms with Crippen molar-refractivity contribution in [2.75, 3.05) is 13.1 Å². The van der Waals surface area contributed by atoms with Gasteiger partial charge in [0.15, 0.2) is 0 Å². The Hall–Kier alpha value is -2.28. The number of hydrogen-bond acceptors (Lipinski definition) is 2. The number of fused-ring (bicyclic) bond motifs is 1. The molecule has 110 valence electrons. The van der Waals surface area contributed by atoms with Gasteiger partial charge in [0, 0.05) is 24.7 Å². The van der Waals surface area contributed by atoms with Crippen molar-refractivity contribution in [3.05, 3.63) is 35.5 Å². The molecule has 0 aliphatic heterocycles. The molecular formula is C17H21N3O. The first-order valence-electron chi connectivity index (χ1n) is 7.44. The van der Waals surface area contributed by atoms with Crippen LogP contribution in [0.1, 0.15) is 31.9 Å². The lowest BCUT2D eigenvalue weighted by Crippen LogP contribution is -2.33. The Labute approximate surface area is 125 Å². The number of likely N-dealkylation sites (N-methyl/N-ethyl adjacent to an activating group) is 1. The van der Waals surface area contributed by atoms with Crippen LogP contribution in [0.3, 0.4) is 0 Å². The third-order valence-corrected chi connectivity index (χ3v) is 3.91. The molecule has 2 rings (SSSR count). The normalized spacial score (nSPS) is 10.6. The molecular weight excluding hydrogens is 262 g/mol. The highest BCUT2D eigenvalue weighted by Gasteiger charge is 2.15. The topological polar surface area (TPSA) is 49.0 Å². The first kappa shape index (κ1) is 15.1.